The van der Waals surface area contributed by atoms with Crippen molar-refractivity contribution in [3.63, 3.8) is 0 Å². The van der Waals surface area contributed by atoms with Gasteiger partial charge in [0.2, 0.25) is 0 Å². The van der Waals surface area contributed by atoms with Gasteiger partial charge in [-0.25, -0.2) is 0 Å². The van der Waals surface area contributed by atoms with Gasteiger partial charge in [-0.3, -0.25) is 0 Å². The Balaban J connectivity index is 0.000000365. The Kier molecular flexibility index (Phi) is 36.8. The molecule has 3 aromatic carbocycles. The van der Waals surface area contributed by atoms with Gasteiger partial charge in [-0.15, -0.1) is 5.54 Å². The van der Waals surface area contributed by atoms with E-state index in [1.807, 2.05) is 7.05 Å². The van der Waals surface area contributed by atoms with Crippen LogP contribution in [0.4, 0.5) is 34.1 Å². The second-order valence-corrected chi connectivity index (χ2v) is 39.8. The van der Waals surface area contributed by atoms with Crippen molar-refractivity contribution in [2.75, 3.05) is 145 Å². The number of hydrogen-bond acceptors (Lipinski definition) is 14. The van der Waals surface area contributed by atoms with Crippen molar-refractivity contribution in [1.29, 1.82) is 0 Å². The molecule has 16 nitrogen and oxygen atoms in total. The Hall–Kier alpha value is -0.342. The number of benzene rings is 3. The number of likely N-dealkylation sites (N-methyl/N-ethyl adjacent to an activating group) is 6. The van der Waals surface area contributed by atoms with Crippen molar-refractivity contribution in [2.45, 2.75) is 144 Å². The molecule has 8 rings (SSSR count). The second kappa shape index (κ2) is 38.7. The average Bonchev–Trinajstić information content (AvgIpc) is 1.70. The monoisotopic (exact) mass is 1410 g/mol. The first-order valence-electron chi connectivity index (χ1n) is 29.8. The van der Waals surface area contributed by atoms with Gasteiger partial charge >= 0.3 is 389 Å². The van der Waals surface area contributed by atoms with E-state index in [1.165, 1.54) is 47.2 Å². The smallest absolute Gasteiger partial charge is 0.0428 e. The van der Waals surface area contributed by atoms with Crippen LogP contribution in [-0.2, 0) is 46.7 Å². The fraction of sp³-hybridized carbons (Fsp3) is 0.672. The number of fused-ring (bicyclic) bond motifs is 3. The van der Waals surface area contributed by atoms with Crippen LogP contribution in [-0.4, -0.2) is 209 Å². The maximum absolute atomic E-state index is 6.05. The van der Waals surface area contributed by atoms with Gasteiger partial charge < -0.3 is 42.6 Å². The van der Waals surface area contributed by atoms with Crippen LogP contribution in [0.1, 0.15) is 96.9 Å². The number of anilines is 6. The molecule has 0 atom stereocenters. The van der Waals surface area contributed by atoms with Gasteiger partial charge in [0.05, 0.1) is 0 Å². The summed E-state index contributed by atoms with van der Waals surface area (Å²) in [6, 6.07) is 27.3. The van der Waals surface area contributed by atoms with Gasteiger partial charge in [0.25, 0.3) is 0 Å². The summed E-state index contributed by atoms with van der Waals surface area (Å²) in [6.45, 7) is 39.8. The molecule has 86 heavy (non-hydrogen) atoms. The predicted molar refractivity (Wildman–Crippen MR) is 376 cm³/mol. The van der Waals surface area contributed by atoms with E-state index in [-0.39, 0.29) is 34.3 Å². The molecule has 0 aromatic heterocycles. The van der Waals surface area contributed by atoms with Gasteiger partial charge in [-0.05, 0) is 62.3 Å². The first-order valence-corrected chi connectivity index (χ1v) is 44.8. The Morgan fingerprint density at radius 3 is 0.756 bits per heavy atom. The van der Waals surface area contributed by atoms with Crippen LogP contribution in [0.25, 0.3) is 10.6 Å². The quantitative estimate of drug-likeness (QED) is 0.135. The molecule has 5 aliphatic rings. The van der Waals surface area contributed by atoms with E-state index in [4.69, 9.17) is 55.8 Å². The van der Waals surface area contributed by atoms with Crippen LogP contribution >= 0.6 is 55.8 Å². The second-order valence-electron chi connectivity index (χ2n) is 25.1. The minimum atomic E-state index is -2.29. The summed E-state index contributed by atoms with van der Waals surface area (Å²) in [5.41, 5.74) is 7.71. The third kappa shape index (κ3) is 23.6. The number of nitrogens with zero attached hydrogens (tertiary/aromatic N) is 16. The summed E-state index contributed by atoms with van der Waals surface area (Å²) in [5, 5.41) is 7.96. The number of hydrogen-bond donors (Lipinski definition) is 0. The van der Waals surface area contributed by atoms with Gasteiger partial charge in [0.15, 0.2) is 0 Å². The van der Waals surface area contributed by atoms with E-state index in [0.29, 0.717) is 41.8 Å². The van der Waals surface area contributed by atoms with E-state index < -0.39 is 46.7 Å². The summed E-state index contributed by atoms with van der Waals surface area (Å²) in [7, 11) is 54.6. The molecule has 0 N–H and O–H groups in total. The van der Waals surface area contributed by atoms with Crippen molar-refractivity contribution >= 4 is 111 Å². The molecule has 484 valence electrons. The molecule has 5 heterocycles. The van der Waals surface area contributed by atoms with E-state index in [9.17, 15) is 0 Å². The van der Waals surface area contributed by atoms with Gasteiger partial charge in [-0.1, -0.05) is 6.92 Å². The zero-order chi connectivity index (χ0) is 64.4. The van der Waals surface area contributed by atoms with Crippen LogP contribution < -0.4 is 28.9 Å². The minimum absolute atomic E-state index is 0. The van der Waals surface area contributed by atoms with Crippen LogP contribution in [0.3, 0.4) is 0 Å². The maximum Gasteiger partial charge on any atom is 0.0428 e. The third-order valence-corrected chi connectivity index (χ3v) is 20.0. The molecule has 3 aromatic rings. The average molecular weight is 1420 g/mol. The molecule has 2 saturated heterocycles. The fourth-order valence-electron chi connectivity index (χ4n) is 11.6. The van der Waals surface area contributed by atoms with E-state index in [0.717, 1.165) is 39.3 Å². The summed E-state index contributed by atoms with van der Waals surface area (Å²) in [5.74, 6) is 0. The molecule has 0 spiro atoms. The zero-order valence-corrected chi connectivity index (χ0v) is 65.9. The van der Waals surface area contributed by atoms with Crippen LogP contribution in [0, 0.1) is 7.43 Å². The zero-order valence-electron chi connectivity index (χ0n) is 56.7. The molecule has 0 unspecified atom stereocenters. The first kappa shape index (κ1) is 81.7. The molecular formula is C58H106B3Cl6N16Ti3-3. The first-order chi connectivity index (χ1) is 39.7. The molecular weight excluding hydrogens is 1310 g/mol. The molecule has 0 bridgehead atoms. The summed E-state index contributed by atoms with van der Waals surface area (Å²) >= 11 is -6.87. The van der Waals surface area contributed by atoms with Crippen molar-refractivity contribution in [2.24, 2.45) is 9.99 Å². The molecule has 28 heteroatoms. The number of halogens is 6. The maximum atomic E-state index is 6.05. The standard InChI is InChI=1S/3C12H18BN3.C10H23N3.C9H20N3.C2H6N.CH3.6ClH.3Ti/c3*1-9(2)15-11-7-5-6-8-12(11)16(10(3)4)13(15)14;1-10(11(2)3)8-12(4)6-7-13(5)9-10;1-9(10-2)7-11(3)5-6-12(4)8-9;1-3-2;;;;;;;;;;/h3*5-10H,1-4H3;6-9H2,1-5H3;5-8H2,1-4H3;1-2H3;1H3;6*1H;;;/q;;;;3*-1;;;;;;;3*+2/p-6. The van der Waals surface area contributed by atoms with Gasteiger partial charge in [0, 0.05) is 44.8 Å². The van der Waals surface area contributed by atoms with Crippen LogP contribution in [0.2, 0.25) is 0 Å². The molecule has 0 radical (unpaired) electrons. The Labute approximate surface area is 566 Å². The number of para-hydroxylation sites is 6. The minimum Gasteiger partial charge on any atom is -0.668 e. The van der Waals surface area contributed by atoms with E-state index >= 15 is 0 Å². The fourth-order valence-corrected chi connectivity index (χ4v) is 15.7. The molecule has 0 saturated carbocycles. The van der Waals surface area contributed by atoms with Crippen molar-refractivity contribution in [1.82, 2.24) is 24.5 Å². The van der Waals surface area contributed by atoms with Gasteiger partial charge in [-0.2, -0.15) is 21.1 Å². The van der Waals surface area contributed by atoms with E-state index in [1.54, 1.807) is 14.1 Å². The molecule has 5 aliphatic heterocycles. The van der Waals surface area contributed by atoms with E-state index in [2.05, 4.69) is 286 Å². The Morgan fingerprint density at radius 1 is 0.419 bits per heavy atom. The summed E-state index contributed by atoms with van der Waals surface area (Å²) < 4.78 is 13.9. The van der Waals surface area contributed by atoms with Crippen molar-refractivity contribution in [3.8, 4) is 0 Å². The molecule has 0 aliphatic carbocycles. The normalized spacial score (nSPS) is 17.5. The Bertz CT molecular complexity index is 2230. The van der Waals surface area contributed by atoms with Gasteiger partial charge in [0.1, 0.15) is 0 Å². The largest absolute Gasteiger partial charge is 0.668 e. The van der Waals surface area contributed by atoms with Crippen molar-refractivity contribution < 1.29 is 46.7 Å². The van der Waals surface area contributed by atoms with Crippen molar-refractivity contribution in [3.05, 3.63) is 90.9 Å². The summed E-state index contributed by atoms with van der Waals surface area (Å²) in [4.78, 5) is 25.7. The predicted octanol–water partition coefficient (Wildman–Crippen LogP) is 14.6. The number of rotatable bonds is 11. The third-order valence-electron chi connectivity index (χ3n) is 15.6. The topological polar surface area (TPSA) is 101 Å². The van der Waals surface area contributed by atoms with Crippen LogP contribution in [0.15, 0.2) is 82.8 Å². The molecule has 0 amide bonds. The van der Waals surface area contributed by atoms with Crippen LogP contribution in [0.5, 0.6) is 0 Å². The summed E-state index contributed by atoms with van der Waals surface area (Å²) in [6.07, 6.45) is 0. The Morgan fingerprint density at radius 2 is 0.605 bits per heavy atom. The SMILES string of the molecule is CC(C)N1B([N]=[Ti]([Cl])[Cl])N(C(C)C)c2ccccc21.CC(C)N1B([N]=[Ti]([Cl])[Cl])N(C(C)C)c2ccccc21.CC(C)N1B([N]=[Ti]([Cl])[Cl])N(C(C)C)c2ccccc21.CN1CCN(C)CC(C)(N(C)C)C1.C[N-]C.C[N-]C1(C)CN(C)CCN(C)C1.[CH3-]. The molecule has 2 fully saturated rings.